The van der Waals surface area contributed by atoms with E-state index >= 15 is 0 Å². The van der Waals surface area contributed by atoms with Crippen LogP contribution in [-0.4, -0.2) is 18.2 Å². The number of aliphatic carboxylic acids is 1. The maximum absolute atomic E-state index is 11.1. The zero-order valence-corrected chi connectivity index (χ0v) is 11.2. The maximum Gasteiger partial charge on any atom is 0.335 e. The molecule has 20 heavy (non-hydrogen) atoms. The predicted octanol–water partition coefficient (Wildman–Crippen LogP) is 3.28. The molecule has 0 spiro atoms. The van der Waals surface area contributed by atoms with Gasteiger partial charge in [-0.3, -0.25) is 0 Å². The normalized spacial score (nSPS) is 22.9. The molecule has 1 aliphatic rings. The number of carboxylic acids is 1. The van der Waals surface area contributed by atoms with E-state index in [1.165, 1.54) is 13.2 Å². The number of hydrogen-bond donors (Lipinski definition) is 1. The summed E-state index contributed by atoms with van der Waals surface area (Å²) in [6.45, 7) is 0. The monoisotopic (exact) mass is 272 g/mol. The van der Waals surface area contributed by atoms with Gasteiger partial charge >= 0.3 is 5.97 Å². The van der Waals surface area contributed by atoms with E-state index in [-0.39, 0.29) is 5.57 Å². The topological polar surface area (TPSA) is 55.8 Å². The van der Waals surface area contributed by atoms with Crippen LogP contribution < -0.4 is 4.74 Å². The first-order valence-electron chi connectivity index (χ1n) is 6.33. The van der Waals surface area contributed by atoms with Gasteiger partial charge in [0.2, 0.25) is 0 Å². The summed E-state index contributed by atoms with van der Waals surface area (Å²) in [5.41, 5.74) is 0.212. The Balaban J connectivity index is 2.29. The number of hydrogen-bond acceptors (Lipinski definition) is 3. The molecule has 4 nitrogen and oxygen atoms in total. The largest absolute Gasteiger partial charge is 0.493 e. The molecular weight excluding hydrogens is 256 g/mol. The number of carbonyl (C=O) groups is 1. The van der Waals surface area contributed by atoms with Gasteiger partial charge in [0.25, 0.3) is 0 Å². The summed E-state index contributed by atoms with van der Waals surface area (Å²) in [5, 5.41) is 9.12. The van der Waals surface area contributed by atoms with Crippen molar-refractivity contribution in [1.29, 1.82) is 0 Å². The van der Waals surface area contributed by atoms with E-state index < -0.39 is 5.97 Å². The van der Waals surface area contributed by atoms with Crippen molar-refractivity contribution in [1.82, 2.24) is 0 Å². The Morgan fingerprint density at radius 1 is 1.10 bits per heavy atom. The van der Waals surface area contributed by atoms with Crippen LogP contribution >= 0.6 is 0 Å². The summed E-state index contributed by atoms with van der Waals surface area (Å²) in [5.74, 6) is 0.649. The first-order chi connectivity index (χ1) is 9.70. The molecule has 2 rings (SSSR count). The molecule has 104 valence electrons. The van der Waals surface area contributed by atoms with Gasteiger partial charge in [0.15, 0.2) is 11.5 Å². The molecule has 0 aliphatic heterocycles. The molecule has 1 N–H and O–H groups in total. The van der Waals surface area contributed by atoms with Gasteiger partial charge in [-0.25, -0.2) is 4.79 Å². The second kappa shape index (κ2) is 6.61. The molecule has 0 saturated heterocycles. The van der Waals surface area contributed by atoms with Gasteiger partial charge in [-0.1, -0.05) is 24.3 Å². The van der Waals surface area contributed by atoms with E-state index in [0.717, 1.165) is 0 Å². The Morgan fingerprint density at radius 3 is 2.45 bits per heavy atom. The van der Waals surface area contributed by atoms with Crippen molar-refractivity contribution in [2.45, 2.75) is 12.8 Å². The predicted molar refractivity (Wildman–Crippen MR) is 75.2 cm³/mol. The average Bonchev–Trinajstić information content (AvgIpc) is 2.43. The molecule has 1 aromatic rings. The van der Waals surface area contributed by atoms with E-state index in [1.54, 1.807) is 6.08 Å². The zero-order valence-electron chi connectivity index (χ0n) is 11.2. The van der Waals surface area contributed by atoms with Crippen LogP contribution in [0.25, 0.3) is 0 Å². The van der Waals surface area contributed by atoms with Crippen LogP contribution in [0.1, 0.15) is 12.8 Å². The highest BCUT2D eigenvalue weighted by Gasteiger charge is 2.14. The highest BCUT2D eigenvalue weighted by Crippen LogP contribution is 2.23. The Kier molecular flexibility index (Phi) is 4.60. The van der Waals surface area contributed by atoms with Crippen molar-refractivity contribution in [3.05, 3.63) is 65.7 Å². The summed E-state index contributed by atoms with van der Waals surface area (Å²) < 4.78 is 11.0. The Hall–Kier alpha value is -2.49. The van der Waals surface area contributed by atoms with Gasteiger partial charge in [-0.15, -0.1) is 0 Å². The molecule has 0 amide bonds. The molecule has 0 heterocycles. The fraction of sp³-hybridized carbons (Fsp3) is 0.188. The van der Waals surface area contributed by atoms with Gasteiger partial charge in [0.1, 0.15) is 5.75 Å². The van der Waals surface area contributed by atoms with Gasteiger partial charge < -0.3 is 14.6 Å². The van der Waals surface area contributed by atoms with Gasteiger partial charge in [-0.05, 0) is 37.1 Å². The van der Waals surface area contributed by atoms with Crippen molar-refractivity contribution in [2.75, 3.05) is 7.11 Å². The number of carboxylic acid groups (broad SMARTS) is 1. The summed E-state index contributed by atoms with van der Waals surface area (Å²) in [7, 11) is 1.50. The Bertz CT molecular complexity index is 567. The van der Waals surface area contributed by atoms with Gasteiger partial charge in [0, 0.05) is 0 Å². The fourth-order valence-corrected chi connectivity index (χ4v) is 1.84. The number of ether oxygens (including phenoxy) is 2. The highest BCUT2D eigenvalue weighted by molar-refractivity contribution is 5.90. The molecule has 0 fully saturated rings. The smallest absolute Gasteiger partial charge is 0.335 e. The fourth-order valence-electron chi connectivity index (χ4n) is 1.84. The first-order valence-corrected chi connectivity index (χ1v) is 6.33. The lowest BCUT2D eigenvalue weighted by Crippen LogP contribution is -2.06. The van der Waals surface area contributed by atoms with Crippen molar-refractivity contribution in [2.24, 2.45) is 0 Å². The minimum Gasteiger partial charge on any atom is -0.493 e. The highest BCUT2D eigenvalue weighted by atomic mass is 16.5. The number of rotatable bonds is 4. The molecule has 1 aliphatic carbocycles. The third kappa shape index (κ3) is 3.51. The van der Waals surface area contributed by atoms with E-state index in [4.69, 9.17) is 14.6 Å². The minimum absolute atomic E-state index is 0.212. The van der Waals surface area contributed by atoms with Crippen LogP contribution in [0.15, 0.2) is 65.7 Å². The lowest BCUT2D eigenvalue weighted by atomic mass is 10.1. The number of methoxy groups -OCH3 is 1. The minimum atomic E-state index is -0.972. The molecule has 0 atom stereocenters. The Labute approximate surface area is 117 Å². The summed E-state index contributed by atoms with van der Waals surface area (Å²) in [4.78, 5) is 11.1. The molecule has 0 unspecified atom stereocenters. The lowest BCUT2D eigenvalue weighted by Gasteiger charge is -2.14. The van der Waals surface area contributed by atoms with E-state index in [1.807, 2.05) is 36.4 Å². The molecule has 0 saturated carbocycles. The number of benzene rings is 1. The standard InChI is InChI=1S/C16H16O4/c1-19-15-11-12(16(17)18)7-5-6-10-14(15)20-13-8-3-2-4-9-13/h2-4,7-11H,5-6H2,1H3,(H,17,18)/b12-7+,14-10+,15-11+. The molecular formula is C16H16O4. The van der Waals surface area contributed by atoms with Crippen molar-refractivity contribution >= 4 is 5.97 Å². The lowest BCUT2D eigenvalue weighted by molar-refractivity contribution is -0.132. The van der Waals surface area contributed by atoms with Gasteiger partial charge in [0.05, 0.1) is 12.7 Å². The SMILES string of the molecule is COC1=C/C(C(=O)O)=C\CC/C=C\1Oc1ccccc1. The third-order valence-corrected chi connectivity index (χ3v) is 2.83. The molecule has 1 aromatic carbocycles. The number of para-hydroxylation sites is 1. The van der Waals surface area contributed by atoms with Crippen LogP contribution in [-0.2, 0) is 9.53 Å². The van der Waals surface area contributed by atoms with Crippen molar-refractivity contribution < 1.29 is 19.4 Å². The average molecular weight is 272 g/mol. The molecule has 0 aromatic heterocycles. The van der Waals surface area contributed by atoms with Crippen molar-refractivity contribution in [3.8, 4) is 5.75 Å². The second-order valence-corrected chi connectivity index (χ2v) is 4.24. The van der Waals surface area contributed by atoms with E-state index in [0.29, 0.717) is 30.1 Å². The summed E-state index contributed by atoms with van der Waals surface area (Å²) >= 11 is 0. The first kappa shape index (κ1) is 13.9. The van der Waals surface area contributed by atoms with Crippen LogP contribution in [0.4, 0.5) is 0 Å². The second-order valence-electron chi connectivity index (χ2n) is 4.24. The maximum atomic E-state index is 11.1. The Morgan fingerprint density at radius 2 is 1.80 bits per heavy atom. The van der Waals surface area contributed by atoms with Crippen LogP contribution in [0, 0.1) is 0 Å². The molecule has 0 radical (unpaired) electrons. The van der Waals surface area contributed by atoms with E-state index in [2.05, 4.69) is 0 Å². The molecule has 4 heteroatoms. The van der Waals surface area contributed by atoms with Crippen molar-refractivity contribution in [3.63, 3.8) is 0 Å². The summed E-state index contributed by atoms with van der Waals surface area (Å²) in [6, 6.07) is 9.31. The summed E-state index contributed by atoms with van der Waals surface area (Å²) in [6.07, 6.45) is 6.40. The van der Waals surface area contributed by atoms with Crippen LogP contribution in [0.5, 0.6) is 5.75 Å². The van der Waals surface area contributed by atoms with Crippen LogP contribution in [0.3, 0.4) is 0 Å². The van der Waals surface area contributed by atoms with Crippen LogP contribution in [0.2, 0.25) is 0 Å². The number of allylic oxidation sites excluding steroid dienone is 2. The van der Waals surface area contributed by atoms with E-state index in [9.17, 15) is 4.79 Å². The quantitative estimate of drug-likeness (QED) is 0.913. The third-order valence-electron chi connectivity index (χ3n) is 2.83. The molecule has 0 bridgehead atoms. The van der Waals surface area contributed by atoms with Gasteiger partial charge in [-0.2, -0.15) is 0 Å². The zero-order chi connectivity index (χ0) is 14.4.